The van der Waals surface area contributed by atoms with E-state index >= 15 is 0 Å². The van der Waals surface area contributed by atoms with Gasteiger partial charge in [0.25, 0.3) is 5.91 Å². The number of carbonyl (C=O) groups excluding carboxylic acids is 2. The van der Waals surface area contributed by atoms with E-state index in [1.54, 1.807) is 20.3 Å². The molecule has 0 spiro atoms. The number of allylic oxidation sites excluding steroid dienone is 4. The first-order valence-electron chi connectivity index (χ1n) is 10.8. The van der Waals surface area contributed by atoms with Crippen LogP contribution in [0.3, 0.4) is 0 Å². The maximum atomic E-state index is 13.2. The standard InChI is InChI=1S/C27H26N2O4/c1-32-22-13-14-23(33-2)25-21(22)17-20(26(30)29-25)15-16-28-27(31)24(18-9-5-3-6-10-18)19-11-7-4-8-12-19/h3-14,17,21,24H,15-16H2,1-2H3,(H,28,31). The van der Waals surface area contributed by atoms with Gasteiger partial charge in [-0.3, -0.25) is 9.59 Å². The van der Waals surface area contributed by atoms with Crippen molar-refractivity contribution in [2.24, 2.45) is 10.9 Å². The Morgan fingerprint density at radius 2 is 1.61 bits per heavy atom. The van der Waals surface area contributed by atoms with Crippen molar-refractivity contribution in [3.05, 3.63) is 107 Å². The molecule has 0 aromatic heterocycles. The first kappa shape index (κ1) is 22.3. The smallest absolute Gasteiger partial charge is 0.273 e. The Bertz CT molecular complexity index is 1110. The summed E-state index contributed by atoms with van der Waals surface area (Å²) >= 11 is 0. The molecular weight excluding hydrogens is 416 g/mol. The molecule has 1 unspecified atom stereocenters. The van der Waals surface area contributed by atoms with Crippen LogP contribution in [-0.2, 0) is 19.1 Å². The molecule has 6 nitrogen and oxygen atoms in total. The Labute approximate surface area is 193 Å². The van der Waals surface area contributed by atoms with E-state index in [-0.39, 0.29) is 17.7 Å². The molecule has 2 aromatic rings. The number of aliphatic imine (C=N–C) groups is 1. The van der Waals surface area contributed by atoms with Crippen LogP contribution in [0.1, 0.15) is 23.5 Å². The summed E-state index contributed by atoms with van der Waals surface area (Å²) in [6.45, 7) is 0.323. The van der Waals surface area contributed by atoms with E-state index in [9.17, 15) is 9.59 Å². The van der Waals surface area contributed by atoms with Gasteiger partial charge in [0.15, 0.2) is 0 Å². The fraction of sp³-hybridized carbons (Fsp3) is 0.222. The molecule has 1 aliphatic carbocycles. The van der Waals surface area contributed by atoms with Crippen molar-refractivity contribution in [3.8, 4) is 0 Å². The first-order chi connectivity index (χ1) is 16.1. The Morgan fingerprint density at radius 3 is 2.18 bits per heavy atom. The van der Waals surface area contributed by atoms with Crippen molar-refractivity contribution < 1.29 is 19.1 Å². The van der Waals surface area contributed by atoms with Crippen LogP contribution in [0.5, 0.6) is 0 Å². The van der Waals surface area contributed by atoms with Gasteiger partial charge in [-0.1, -0.05) is 66.7 Å². The number of fused-ring (bicyclic) bond motifs is 1. The number of rotatable bonds is 8. The minimum absolute atomic E-state index is 0.111. The fourth-order valence-electron chi connectivity index (χ4n) is 4.14. The van der Waals surface area contributed by atoms with E-state index in [4.69, 9.17) is 9.47 Å². The summed E-state index contributed by atoms with van der Waals surface area (Å²) in [4.78, 5) is 30.1. The highest BCUT2D eigenvalue weighted by molar-refractivity contribution is 6.15. The van der Waals surface area contributed by atoms with Crippen molar-refractivity contribution in [2.45, 2.75) is 12.3 Å². The number of amides is 2. The molecule has 33 heavy (non-hydrogen) atoms. The van der Waals surface area contributed by atoms with Crippen LogP contribution in [-0.4, -0.2) is 38.3 Å². The highest BCUT2D eigenvalue weighted by atomic mass is 16.5. The summed E-state index contributed by atoms with van der Waals surface area (Å²) in [5, 5.41) is 3.00. The molecule has 4 rings (SSSR count). The van der Waals surface area contributed by atoms with Crippen LogP contribution >= 0.6 is 0 Å². The number of nitrogens with one attached hydrogen (secondary N) is 1. The topological polar surface area (TPSA) is 77.0 Å². The largest absolute Gasteiger partial charge is 0.500 e. The van der Waals surface area contributed by atoms with Gasteiger partial charge in [0.05, 0.1) is 26.1 Å². The summed E-state index contributed by atoms with van der Waals surface area (Å²) in [5.41, 5.74) is 2.92. The summed E-state index contributed by atoms with van der Waals surface area (Å²) in [6.07, 6.45) is 5.79. The molecule has 0 saturated carbocycles. The van der Waals surface area contributed by atoms with Gasteiger partial charge >= 0.3 is 0 Å². The van der Waals surface area contributed by atoms with Crippen LogP contribution < -0.4 is 5.32 Å². The Balaban J connectivity index is 1.47. The maximum absolute atomic E-state index is 13.2. The quantitative estimate of drug-likeness (QED) is 0.672. The Morgan fingerprint density at radius 1 is 0.970 bits per heavy atom. The Hall–Kier alpha value is -3.93. The minimum Gasteiger partial charge on any atom is -0.500 e. The molecule has 2 aromatic carbocycles. The maximum Gasteiger partial charge on any atom is 0.273 e. The lowest BCUT2D eigenvalue weighted by Gasteiger charge is -2.26. The molecule has 1 atom stereocenters. The number of methoxy groups -OCH3 is 2. The van der Waals surface area contributed by atoms with Gasteiger partial charge < -0.3 is 14.8 Å². The van der Waals surface area contributed by atoms with Gasteiger partial charge in [0, 0.05) is 12.1 Å². The molecule has 2 aliphatic rings. The molecule has 0 saturated heterocycles. The third-order valence-electron chi connectivity index (χ3n) is 5.79. The fourth-order valence-corrected chi connectivity index (χ4v) is 4.14. The molecule has 6 heteroatoms. The minimum atomic E-state index is -0.427. The molecular formula is C27H26N2O4. The second kappa shape index (κ2) is 10.1. The zero-order chi connectivity index (χ0) is 23.2. The van der Waals surface area contributed by atoms with Crippen molar-refractivity contribution >= 4 is 17.5 Å². The molecule has 0 bridgehead atoms. The normalized spacial score (nSPS) is 17.3. The highest BCUT2D eigenvalue weighted by Crippen LogP contribution is 2.31. The van der Waals surface area contributed by atoms with Gasteiger partial charge in [-0.2, -0.15) is 0 Å². The number of ether oxygens (including phenoxy) is 2. The SMILES string of the molecule is COC1=CC=C(OC)C2C=C(CCNC(=O)C(c3ccccc3)c3ccccc3)C(=O)N=C12. The van der Waals surface area contributed by atoms with Gasteiger partial charge in [-0.25, -0.2) is 4.99 Å². The number of carbonyl (C=O) groups is 2. The molecule has 2 amide bonds. The zero-order valence-corrected chi connectivity index (χ0v) is 18.7. The van der Waals surface area contributed by atoms with E-state index < -0.39 is 5.92 Å². The monoisotopic (exact) mass is 442 g/mol. The van der Waals surface area contributed by atoms with Crippen LogP contribution in [0.15, 0.2) is 101 Å². The average molecular weight is 443 g/mol. The number of dihydropyridines is 1. The molecule has 168 valence electrons. The summed E-state index contributed by atoms with van der Waals surface area (Å²) in [6, 6.07) is 19.3. The third kappa shape index (κ3) is 4.80. The number of hydrogen-bond acceptors (Lipinski definition) is 4. The van der Waals surface area contributed by atoms with Crippen molar-refractivity contribution in [2.75, 3.05) is 20.8 Å². The van der Waals surface area contributed by atoms with Gasteiger partial charge in [0.2, 0.25) is 5.91 Å². The highest BCUT2D eigenvalue weighted by Gasteiger charge is 2.32. The van der Waals surface area contributed by atoms with E-state index in [0.29, 0.717) is 35.8 Å². The molecule has 1 N–H and O–H groups in total. The first-order valence-corrected chi connectivity index (χ1v) is 10.8. The number of nitrogens with zero attached hydrogens (tertiary/aromatic N) is 1. The van der Waals surface area contributed by atoms with Crippen molar-refractivity contribution in [3.63, 3.8) is 0 Å². The predicted molar refractivity (Wildman–Crippen MR) is 127 cm³/mol. The van der Waals surface area contributed by atoms with Gasteiger partial charge in [-0.15, -0.1) is 0 Å². The number of hydrogen-bond donors (Lipinski definition) is 1. The number of benzene rings is 2. The van der Waals surface area contributed by atoms with E-state index in [2.05, 4.69) is 10.3 Å². The van der Waals surface area contributed by atoms with Crippen molar-refractivity contribution in [1.82, 2.24) is 5.32 Å². The lowest BCUT2D eigenvalue weighted by Crippen LogP contribution is -2.32. The van der Waals surface area contributed by atoms with Crippen LogP contribution in [0, 0.1) is 5.92 Å². The van der Waals surface area contributed by atoms with E-state index in [0.717, 1.165) is 11.1 Å². The second-order valence-corrected chi connectivity index (χ2v) is 7.78. The van der Waals surface area contributed by atoms with Gasteiger partial charge in [-0.05, 0) is 29.7 Å². The molecule has 1 heterocycles. The van der Waals surface area contributed by atoms with Crippen LogP contribution in [0.4, 0.5) is 0 Å². The molecule has 1 aliphatic heterocycles. The van der Waals surface area contributed by atoms with Crippen LogP contribution in [0.2, 0.25) is 0 Å². The van der Waals surface area contributed by atoms with E-state index in [1.807, 2.05) is 72.8 Å². The zero-order valence-electron chi connectivity index (χ0n) is 18.7. The lowest BCUT2D eigenvalue weighted by molar-refractivity contribution is -0.122. The van der Waals surface area contributed by atoms with Crippen LogP contribution in [0.25, 0.3) is 0 Å². The predicted octanol–water partition coefficient (Wildman–Crippen LogP) is 3.92. The average Bonchev–Trinajstić information content (AvgIpc) is 2.85. The summed E-state index contributed by atoms with van der Waals surface area (Å²) < 4.78 is 10.8. The molecule has 0 radical (unpaired) electrons. The summed E-state index contributed by atoms with van der Waals surface area (Å²) in [7, 11) is 3.14. The van der Waals surface area contributed by atoms with Gasteiger partial charge in [0.1, 0.15) is 17.2 Å². The third-order valence-corrected chi connectivity index (χ3v) is 5.79. The second-order valence-electron chi connectivity index (χ2n) is 7.78. The van der Waals surface area contributed by atoms with Crippen molar-refractivity contribution in [1.29, 1.82) is 0 Å². The lowest BCUT2D eigenvalue weighted by atomic mass is 9.88. The molecule has 0 fully saturated rings. The van der Waals surface area contributed by atoms with E-state index in [1.165, 1.54) is 0 Å². The summed E-state index contributed by atoms with van der Waals surface area (Å²) in [5.74, 6) is 0.102. The Kier molecular flexibility index (Phi) is 6.83.